The third-order valence-electron chi connectivity index (χ3n) is 6.13. The maximum Gasteiger partial charge on any atom is 0.328 e. The van der Waals surface area contributed by atoms with Gasteiger partial charge in [-0.3, -0.25) is 14.4 Å². The first-order valence-corrected chi connectivity index (χ1v) is 10.8. The Bertz CT molecular complexity index is 1320. The highest BCUT2D eigenvalue weighted by Gasteiger charge is 2.54. The molecule has 158 valence electrons. The van der Waals surface area contributed by atoms with E-state index in [2.05, 4.69) is 12.6 Å². The standard InChI is InChI=1S/C23H20N2O5S/c1-2-23(21(27)29-7-8-31)16-10-18-19-14(9-13-5-3-4-6-17(13)24-19)11-25(18)20(26)15(16)12-30-22(23)28/h3-6,9-10,31H,2,7-8,11-12H2,1H3/t23-/m1/s1. The molecule has 7 nitrogen and oxygen atoms in total. The van der Waals surface area contributed by atoms with Gasteiger partial charge in [-0.05, 0) is 30.2 Å². The lowest BCUT2D eigenvalue weighted by Gasteiger charge is -2.34. The van der Waals surface area contributed by atoms with Gasteiger partial charge in [0, 0.05) is 16.7 Å². The Morgan fingerprint density at radius 2 is 2.10 bits per heavy atom. The third-order valence-corrected chi connectivity index (χ3v) is 6.32. The zero-order valence-electron chi connectivity index (χ0n) is 16.9. The van der Waals surface area contributed by atoms with Crippen LogP contribution in [0.1, 0.15) is 30.0 Å². The molecule has 0 fully saturated rings. The quantitative estimate of drug-likeness (QED) is 0.301. The number of esters is 2. The van der Waals surface area contributed by atoms with Crippen LogP contribution in [0, 0.1) is 0 Å². The molecule has 0 N–H and O–H groups in total. The zero-order chi connectivity index (χ0) is 21.8. The van der Waals surface area contributed by atoms with Crippen LogP contribution in [0.15, 0.2) is 41.2 Å². The molecule has 0 bridgehead atoms. The number of fused-ring (bicyclic) bond motifs is 5. The number of nitrogens with zero attached hydrogens (tertiary/aromatic N) is 2. The lowest BCUT2D eigenvalue weighted by molar-refractivity contribution is -0.168. The molecule has 1 aromatic carbocycles. The maximum atomic E-state index is 13.4. The fourth-order valence-electron chi connectivity index (χ4n) is 4.54. The minimum atomic E-state index is -1.68. The van der Waals surface area contributed by atoms with Crippen molar-refractivity contribution in [3.63, 3.8) is 0 Å². The number of ether oxygens (including phenoxy) is 2. The molecule has 2 aliphatic rings. The SMILES string of the molecule is CC[C@@]1(C(=O)OCCS)C(=O)OCc2c1cc1n(c2=O)Cc2cc3ccccc3nc2-1. The van der Waals surface area contributed by atoms with Crippen LogP contribution in [-0.2, 0) is 37.6 Å². The fraction of sp³-hybridized carbons (Fsp3) is 0.304. The number of thiol groups is 1. The van der Waals surface area contributed by atoms with Crippen molar-refractivity contribution in [2.24, 2.45) is 0 Å². The van der Waals surface area contributed by atoms with Gasteiger partial charge < -0.3 is 14.0 Å². The molecule has 0 aliphatic carbocycles. The van der Waals surface area contributed by atoms with E-state index < -0.39 is 17.4 Å². The summed E-state index contributed by atoms with van der Waals surface area (Å²) < 4.78 is 12.2. The fourth-order valence-corrected chi connectivity index (χ4v) is 4.63. The summed E-state index contributed by atoms with van der Waals surface area (Å²) >= 11 is 4.07. The molecule has 0 unspecified atom stereocenters. The van der Waals surface area contributed by atoms with E-state index in [-0.39, 0.29) is 25.2 Å². The molecule has 0 amide bonds. The van der Waals surface area contributed by atoms with E-state index in [0.717, 1.165) is 16.5 Å². The first-order chi connectivity index (χ1) is 15.0. The number of benzene rings is 1. The summed E-state index contributed by atoms with van der Waals surface area (Å²) in [5, 5.41) is 0.989. The van der Waals surface area contributed by atoms with E-state index in [1.54, 1.807) is 17.6 Å². The van der Waals surface area contributed by atoms with Crippen LogP contribution in [0.25, 0.3) is 22.3 Å². The number of rotatable bonds is 4. The minimum absolute atomic E-state index is 0.0621. The smallest absolute Gasteiger partial charge is 0.328 e. The van der Waals surface area contributed by atoms with Crippen molar-refractivity contribution in [1.29, 1.82) is 0 Å². The van der Waals surface area contributed by atoms with Gasteiger partial charge in [-0.2, -0.15) is 12.6 Å². The molecule has 0 saturated heterocycles. The van der Waals surface area contributed by atoms with E-state index in [1.165, 1.54) is 0 Å². The van der Waals surface area contributed by atoms with Gasteiger partial charge >= 0.3 is 11.9 Å². The van der Waals surface area contributed by atoms with Crippen molar-refractivity contribution in [2.45, 2.75) is 31.9 Å². The average molecular weight is 436 g/mol. The summed E-state index contributed by atoms with van der Waals surface area (Å²) in [5.41, 5.74) is 1.73. The predicted molar refractivity (Wildman–Crippen MR) is 117 cm³/mol. The number of hydrogen-bond acceptors (Lipinski definition) is 7. The molecule has 5 rings (SSSR count). The summed E-state index contributed by atoms with van der Waals surface area (Å²) in [6, 6.07) is 11.5. The van der Waals surface area contributed by atoms with Crippen LogP contribution in [0.5, 0.6) is 0 Å². The van der Waals surface area contributed by atoms with Gasteiger partial charge in [0.25, 0.3) is 5.56 Å². The third kappa shape index (κ3) is 2.74. The van der Waals surface area contributed by atoms with Crippen LogP contribution in [0.3, 0.4) is 0 Å². The van der Waals surface area contributed by atoms with Crippen LogP contribution in [0.2, 0.25) is 0 Å². The maximum absolute atomic E-state index is 13.4. The highest BCUT2D eigenvalue weighted by molar-refractivity contribution is 7.80. The van der Waals surface area contributed by atoms with E-state index in [9.17, 15) is 14.4 Å². The van der Waals surface area contributed by atoms with Crippen LogP contribution >= 0.6 is 12.6 Å². The average Bonchev–Trinajstić information content (AvgIpc) is 3.14. The van der Waals surface area contributed by atoms with Crippen molar-refractivity contribution in [3.8, 4) is 11.4 Å². The minimum Gasteiger partial charge on any atom is -0.464 e. The summed E-state index contributed by atoms with van der Waals surface area (Å²) in [5.74, 6) is -1.09. The molecule has 2 aromatic heterocycles. The second-order valence-corrected chi connectivity index (χ2v) is 8.14. The number of pyridine rings is 2. The summed E-state index contributed by atoms with van der Waals surface area (Å²) in [7, 11) is 0. The molecule has 3 aromatic rings. The number of carbonyl (C=O) groups is 2. The lowest BCUT2D eigenvalue weighted by Crippen LogP contribution is -2.50. The predicted octanol–water partition coefficient (Wildman–Crippen LogP) is 2.60. The van der Waals surface area contributed by atoms with E-state index in [1.807, 2.05) is 30.3 Å². The summed E-state index contributed by atoms with van der Waals surface area (Å²) in [6.45, 7) is 1.99. The molecular weight excluding hydrogens is 416 g/mol. The number of cyclic esters (lactones) is 1. The number of para-hydroxylation sites is 1. The number of hydrogen-bond donors (Lipinski definition) is 1. The van der Waals surface area contributed by atoms with Crippen molar-refractivity contribution >= 4 is 35.5 Å². The Labute approximate surface area is 183 Å². The van der Waals surface area contributed by atoms with Crippen molar-refractivity contribution in [3.05, 3.63) is 63.4 Å². The van der Waals surface area contributed by atoms with E-state index >= 15 is 0 Å². The highest BCUT2D eigenvalue weighted by Crippen LogP contribution is 2.40. The van der Waals surface area contributed by atoms with Gasteiger partial charge in [0.15, 0.2) is 5.41 Å². The second kappa shape index (κ2) is 7.23. The molecular formula is C23H20N2O5S. The van der Waals surface area contributed by atoms with Gasteiger partial charge in [-0.25, -0.2) is 4.98 Å². The molecule has 0 spiro atoms. The zero-order valence-corrected chi connectivity index (χ0v) is 17.8. The first-order valence-electron chi connectivity index (χ1n) is 10.1. The highest BCUT2D eigenvalue weighted by atomic mass is 32.1. The Kier molecular flexibility index (Phi) is 4.62. The molecule has 0 saturated carbocycles. The molecule has 31 heavy (non-hydrogen) atoms. The van der Waals surface area contributed by atoms with Crippen LogP contribution in [-0.4, -0.2) is 33.8 Å². The Hall–Kier alpha value is -3.13. The number of carbonyl (C=O) groups excluding carboxylic acids is 2. The van der Waals surface area contributed by atoms with Gasteiger partial charge in [0.1, 0.15) is 13.2 Å². The molecule has 8 heteroatoms. The normalized spacial score (nSPS) is 18.8. The molecule has 0 radical (unpaired) electrons. The topological polar surface area (TPSA) is 87.5 Å². The summed E-state index contributed by atoms with van der Waals surface area (Å²) in [4.78, 5) is 44.1. The lowest BCUT2D eigenvalue weighted by atomic mass is 9.74. The number of aromatic nitrogens is 2. The Morgan fingerprint density at radius 1 is 1.29 bits per heavy atom. The molecule has 1 atom stereocenters. The van der Waals surface area contributed by atoms with Gasteiger partial charge in [-0.15, -0.1) is 0 Å². The Morgan fingerprint density at radius 3 is 2.87 bits per heavy atom. The van der Waals surface area contributed by atoms with Crippen LogP contribution < -0.4 is 5.56 Å². The van der Waals surface area contributed by atoms with E-state index in [0.29, 0.717) is 34.8 Å². The second-order valence-electron chi connectivity index (χ2n) is 7.70. The van der Waals surface area contributed by atoms with Crippen molar-refractivity contribution < 1.29 is 19.1 Å². The monoisotopic (exact) mass is 436 g/mol. The molecule has 2 aliphatic heterocycles. The van der Waals surface area contributed by atoms with Crippen molar-refractivity contribution in [2.75, 3.05) is 12.4 Å². The van der Waals surface area contributed by atoms with Gasteiger partial charge in [0.05, 0.1) is 29.0 Å². The van der Waals surface area contributed by atoms with E-state index in [4.69, 9.17) is 14.5 Å². The largest absolute Gasteiger partial charge is 0.464 e. The van der Waals surface area contributed by atoms with Crippen molar-refractivity contribution in [1.82, 2.24) is 9.55 Å². The van der Waals surface area contributed by atoms with Gasteiger partial charge in [0.2, 0.25) is 0 Å². The first kappa shape index (κ1) is 19.8. The molecule has 4 heterocycles. The summed E-state index contributed by atoms with van der Waals surface area (Å²) in [6.07, 6.45) is 0.116. The van der Waals surface area contributed by atoms with Crippen LogP contribution in [0.4, 0.5) is 0 Å². The Balaban J connectivity index is 1.75. The van der Waals surface area contributed by atoms with Gasteiger partial charge in [-0.1, -0.05) is 25.1 Å².